The van der Waals surface area contributed by atoms with Crippen molar-refractivity contribution < 1.29 is 18.7 Å². The summed E-state index contributed by atoms with van der Waals surface area (Å²) in [5, 5.41) is 0.167. The van der Waals surface area contributed by atoms with Crippen LogP contribution in [0.2, 0.25) is 18.1 Å². The van der Waals surface area contributed by atoms with Crippen molar-refractivity contribution in [1.29, 1.82) is 0 Å². The van der Waals surface area contributed by atoms with Crippen molar-refractivity contribution in [1.82, 2.24) is 0 Å². The number of methoxy groups -OCH3 is 1. The SMILES string of the molecule is C=C(C)c1ccc(C(=O)OC)cc1OCCO[Si](C)(C)C(C)(C)C. The Morgan fingerprint density at radius 2 is 1.83 bits per heavy atom. The van der Waals surface area contributed by atoms with Gasteiger partial charge in [-0.3, -0.25) is 0 Å². The van der Waals surface area contributed by atoms with Crippen LogP contribution >= 0.6 is 0 Å². The maximum Gasteiger partial charge on any atom is 0.337 e. The number of allylic oxidation sites excluding steroid dienone is 1. The molecule has 0 atom stereocenters. The number of carbonyl (C=O) groups excluding carboxylic acids is 1. The van der Waals surface area contributed by atoms with Crippen molar-refractivity contribution in [3.05, 3.63) is 35.9 Å². The van der Waals surface area contributed by atoms with Crippen molar-refractivity contribution in [2.45, 2.75) is 45.8 Å². The Kier molecular flexibility index (Phi) is 6.81. The molecule has 0 aromatic heterocycles. The molecule has 0 spiro atoms. The molecule has 4 nitrogen and oxygen atoms in total. The third kappa shape index (κ3) is 5.21. The molecule has 0 unspecified atom stereocenters. The van der Waals surface area contributed by atoms with Crippen LogP contribution in [-0.2, 0) is 9.16 Å². The molecule has 0 aliphatic carbocycles. The lowest BCUT2D eigenvalue weighted by Crippen LogP contribution is -2.41. The van der Waals surface area contributed by atoms with Gasteiger partial charge in [0.25, 0.3) is 0 Å². The van der Waals surface area contributed by atoms with E-state index < -0.39 is 8.32 Å². The standard InChI is InChI=1S/C19H30O4Si/c1-14(2)16-10-9-15(18(20)21-6)13-17(16)22-11-12-23-24(7,8)19(3,4)5/h9-10,13H,1,11-12H2,2-8H3. The monoisotopic (exact) mass is 350 g/mol. The van der Waals surface area contributed by atoms with E-state index >= 15 is 0 Å². The molecular weight excluding hydrogens is 320 g/mol. The lowest BCUT2D eigenvalue weighted by Gasteiger charge is -2.36. The number of ether oxygens (including phenoxy) is 2. The van der Waals surface area contributed by atoms with Gasteiger partial charge in [-0.2, -0.15) is 0 Å². The Bertz CT molecular complexity index is 600. The van der Waals surface area contributed by atoms with Gasteiger partial charge in [-0.15, -0.1) is 0 Å². The molecule has 0 aliphatic heterocycles. The molecule has 0 amide bonds. The molecular formula is C19H30O4Si. The van der Waals surface area contributed by atoms with Crippen LogP contribution < -0.4 is 4.74 Å². The molecule has 134 valence electrons. The minimum absolute atomic E-state index is 0.167. The second kappa shape index (κ2) is 7.99. The summed E-state index contributed by atoms with van der Waals surface area (Å²) in [5.74, 6) is 0.245. The van der Waals surface area contributed by atoms with Gasteiger partial charge in [0, 0.05) is 5.56 Å². The Balaban J connectivity index is 2.79. The molecule has 1 aromatic rings. The Morgan fingerprint density at radius 3 is 2.33 bits per heavy atom. The van der Waals surface area contributed by atoms with Crippen LogP contribution in [0.25, 0.3) is 5.57 Å². The van der Waals surface area contributed by atoms with E-state index in [1.165, 1.54) is 7.11 Å². The Morgan fingerprint density at radius 1 is 1.21 bits per heavy atom. The van der Waals surface area contributed by atoms with E-state index in [0.717, 1.165) is 11.1 Å². The highest BCUT2D eigenvalue weighted by molar-refractivity contribution is 6.74. The molecule has 5 heteroatoms. The van der Waals surface area contributed by atoms with Crippen LogP contribution in [0.1, 0.15) is 43.6 Å². The van der Waals surface area contributed by atoms with Gasteiger partial charge in [-0.25, -0.2) is 4.79 Å². The zero-order valence-electron chi connectivity index (χ0n) is 16.0. The number of hydrogen-bond acceptors (Lipinski definition) is 4. The van der Waals surface area contributed by atoms with Gasteiger partial charge in [0.1, 0.15) is 12.4 Å². The van der Waals surface area contributed by atoms with Gasteiger partial charge in [0.15, 0.2) is 8.32 Å². The topological polar surface area (TPSA) is 44.8 Å². The van der Waals surface area contributed by atoms with E-state index in [9.17, 15) is 4.79 Å². The number of carbonyl (C=O) groups is 1. The maximum atomic E-state index is 11.7. The first-order valence-corrected chi connectivity index (χ1v) is 11.1. The number of esters is 1. The summed E-state index contributed by atoms with van der Waals surface area (Å²) in [5.41, 5.74) is 2.23. The fourth-order valence-corrected chi connectivity index (χ4v) is 2.93. The zero-order chi connectivity index (χ0) is 18.5. The molecule has 0 saturated heterocycles. The largest absolute Gasteiger partial charge is 0.491 e. The summed E-state index contributed by atoms with van der Waals surface area (Å²) >= 11 is 0. The van der Waals surface area contributed by atoms with Gasteiger partial charge in [0.05, 0.1) is 19.3 Å². The van der Waals surface area contributed by atoms with Crippen molar-refractivity contribution in [2.24, 2.45) is 0 Å². The van der Waals surface area contributed by atoms with E-state index in [4.69, 9.17) is 13.9 Å². The first kappa shape index (κ1) is 20.5. The van der Waals surface area contributed by atoms with E-state index in [1.807, 2.05) is 13.0 Å². The average Bonchev–Trinajstić information content (AvgIpc) is 2.49. The highest BCUT2D eigenvalue weighted by atomic mass is 28.4. The van der Waals surface area contributed by atoms with Gasteiger partial charge in [-0.1, -0.05) is 33.4 Å². The third-order valence-corrected chi connectivity index (χ3v) is 9.01. The molecule has 24 heavy (non-hydrogen) atoms. The maximum absolute atomic E-state index is 11.7. The van der Waals surface area contributed by atoms with E-state index in [2.05, 4.69) is 40.4 Å². The van der Waals surface area contributed by atoms with Crippen molar-refractivity contribution in [2.75, 3.05) is 20.3 Å². The van der Waals surface area contributed by atoms with E-state index in [0.29, 0.717) is 24.5 Å². The number of hydrogen-bond donors (Lipinski definition) is 0. The second-order valence-corrected chi connectivity index (χ2v) is 12.2. The van der Waals surface area contributed by atoms with Crippen LogP contribution in [0.15, 0.2) is 24.8 Å². The summed E-state index contributed by atoms with van der Waals surface area (Å²) < 4.78 is 16.7. The molecule has 0 aliphatic rings. The van der Waals surface area contributed by atoms with Crippen LogP contribution in [0.3, 0.4) is 0 Å². The Labute approximate surface area is 146 Å². The molecule has 1 aromatic carbocycles. The van der Waals surface area contributed by atoms with Crippen LogP contribution in [0.4, 0.5) is 0 Å². The van der Waals surface area contributed by atoms with Crippen molar-refractivity contribution >= 4 is 19.9 Å². The predicted molar refractivity (Wildman–Crippen MR) is 101 cm³/mol. The molecule has 1 rings (SSSR count). The quantitative estimate of drug-likeness (QED) is 0.398. The lowest BCUT2D eigenvalue weighted by molar-refractivity contribution is 0.0600. The van der Waals surface area contributed by atoms with Crippen molar-refractivity contribution in [3.63, 3.8) is 0 Å². The minimum atomic E-state index is -1.78. The number of rotatable bonds is 7. The van der Waals surface area contributed by atoms with E-state index in [1.54, 1.807) is 12.1 Å². The summed E-state index contributed by atoms with van der Waals surface area (Å²) in [4.78, 5) is 11.7. The highest BCUT2D eigenvalue weighted by Crippen LogP contribution is 2.36. The minimum Gasteiger partial charge on any atom is -0.491 e. The second-order valence-electron chi connectivity index (χ2n) is 7.44. The van der Waals surface area contributed by atoms with Crippen LogP contribution in [0, 0.1) is 0 Å². The smallest absolute Gasteiger partial charge is 0.337 e. The predicted octanol–water partition coefficient (Wildman–Crippen LogP) is 4.91. The van der Waals surface area contributed by atoms with Crippen molar-refractivity contribution in [3.8, 4) is 5.75 Å². The average molecular weight is 351 g/mol. The fraction of sp³-hybridized carbons (Fsp3) is 0.526. The summed E-state index contributed by atoms with van der Waals surface area (Å²) in [6, 6.07) is 5.25. The summed E-state index contributed by atoms with van der Waals surface area (Å²) in [6.45, 7) is 17.9. The molecule has 0 fully saturated rings. The van der Waals surface area contributed by atoms with Gasteiger partial charge >= 0.3 is 5.97 Å². The third-order valence-electron chi connectivity index (χ3n) is 4.47. The van der Waals surface area contributed by atoms with Gasteiger partial charge < -0.3 is 13.9 Å². The summed E-state index contributed by atoms with van der Waals surface area (Å²) in [7, 11) is -0.421. The fourth-order valence-electron chi connectivity index (χ4n) is 1.90. The zero-order valence-corrected chi connectivity index (χ0v) is 17.0. The Hall–Kier alpha value is -1.59. The van der Waals surface area contributed by atoms with E-state index in [-0.39, 0.29) is 11.0 Å². The first-order chi connectivity index (χ1) is 11.0. The first-order valence-electron chi connectivity index (χ1n) is 8.14. The molecule has 0 bridgehead atoms. The van der Waals surface area contributed by atoms with Gasteiger partial charge in [0.2, 0.25) is 0 Å². The molecule has 0 heterocycles. The summed E-state index contributed by atoms with van der Waals surface area (Å²) in [6.07, 6.45) is 0. The van der Waals surface area contributed by atoms with Crippen LogP contribution in [-0.4, -0.2) is 34.6 Å². The van der Waals surface area contributed by atoms with Gasteiger partial charge in [-0.05, 0) is 42.8 Å². The highest BCUT2D eigenvalue weighted by Gasteiger charge is 2.36. The normalized spacial score (nSPS) is 12.0. The van der Waals surface area contributed by atoms with Crippen LogP contribution in [0.5, 0.6) is 5.75 Å². The number of benzene rings is 1. The molecule has 0 radical (unpaired) electrons. The molecule has 0 N–H and O–H groups in total. The molecule has 0 saturated carbocycles. The lowest BCUT2D eigenvalue weighted by atomic mass is 10.1.